The smallest absolute Gasteiger partial charge is 0.213 e. The molecule has 2 aliphatic rings. The van der Waals surface area contributed by atoms with Crippen LogP contribution < -0.4 is 15.4 Å². The van der Waals surface area contributed by atoms with Crippen molar-refractivity contribution in [1.82, 2.24) is 20.3 Å². The lowest BCUT2D eigenvalue weighted by Crippen LogP contribution is -2.42. The highest BCUT2D eigenvalue weighted by Gasteiger charge is 2.25. The van der Waals surface area contributed by atoms with Crippen molar-refractivity contribution in [2.45, 2.75) is 45.1 Å². The number of guanidine groups is 1. The molecule has 8 nitrogen and oxygen atoms in total. The lowest BCUT2D eigenvalue weighted by molar-refractivity contribution is 0.221. The average Bonchev–Trinajstić information content (AvgIpc) is 3.35. The monoisotopic (exact) mass is 553 g/mol. The summed E-state index contributed by atoms with van der Waals surface area (Å²) in [5.74, 6) is 2.12. The van der Waals surface area contributed by atoms with Crippen molar-refractivity contribution in [3.05, 3.63) is 24.2 Å². The molecule has 10 heteroatoms. The van der Waals surface area contributed by atoms with E-state index in [0.717, 1.165) is 31.7 Å². The van der Waals surface area contributed by atoms with Crippen LogP contribution in [0.4, 0.5) is 0 Å². The molecule has 1 unspecified atom stereocenters. The van der Waals surface area contributed by atoms with E-state index in [-0.39, 0.29) is 35.8 Å². The fourth-order valence-electron chi connectivity index (χ4n) is 3.76. The van der Waals surface area contributed by atoms with Crippen LogP contribution in [0.5, 0.6) is 0 Å². The second kappa shape index (κ2) is 12.9. The maximum absolute atomic E-state index is 12.2. The predicted molar refractivity (Wildman–Crippen MR) is 131 cm³/mol. The van der Waals surface area contributed by atoms with Crippen molar-refractivity contribution >= 4 is 40.0 Å². The van der Waals surface area contributed by atoms with Gasteiger partial charge in [0.05, 0.1) is 24.6 Å². The van der Waals surface area contributed by atoms with Gasteiger partial charge in [-0.25, -0.2) is 13.1 Å². The molecule has 3 N–H and O–H groups in total. The van der Waals surface area contributed by atoms with Crippen molar-refractivity contribution in [1.29, 1.82) is 0 Å². The highest BCUT2D eigenvalue weighted by atomic mass is 127. The number of hydrogen-bond donors (Lipinski definition) is 3. The maximum atomic E-state index is 12.2. The summed E-state index contributed by atoms with van der Waals surface area (Å²) in [6, 6.07) is 4.02. The number of rotatable bonds is 11. The zero-order valence-corrected chi connectivity index (χ0v) is 21.0. The van der Waals surface area contributed by atoms with Crippen molar-refractivity contribution < 1.29 is 12.8 Å². The van der Waals surface area contributed by atoms with Crippen LogP contribution in [0.25, 0.3) is 0 Å². The molecule has 0 aromatic carbocycles. The Hall–Kier alpha value is -0.850. The normalized spacial score (nSPS) is 19.2. The van der Waals surface area contributed by atoms with Gasteiger partial charge < -0.3 is 15.1 Å². The second-order valence-corrected chi connectivity index (χ2v) is 9.81. The molecule has 1 aromatic heterocycles. The fourth-order valence-corrected chi connectivity index (χ4v) is 4.76. The van der Waals surface area contributed by atoms with E-state index in [4.69, 9.17) is 9.41 Å². The Labute approximate surface area is 197 Å². The standard InChI is InChI=1S/C20H35N5O3S.HI/c1-2-21-20(22-10-14-29(26,27)24-15-17-7-5-8-17)23-16-18(19-9-6-13-28-19)25-11-3-4-12-25;/h6,9,13,17-18,24H,2-5,7-8,10-12,14-16H2,1H3,(H2,21,22,23);1H. The van der Waals surface area contributed by atoms with Gasteiger partial charge in [0.2, 0.25) is 10.0 Å². The third kappa shape index (κ3) is 8.01. The number of sulfonamides is 1. The molecular weight excluding hydrogens is 517 g/mol. The Morgan fingerprint density at radius 1 is 1.27 bits per heavy atom. The van der Waals surface area contributed by atoms with E-state index in [1.54, 1.807) is 6.26 Å². The van der Waals surface area contributed by atoms with Crippen LogP contribution in [0.15, 0.2) is 27.8 Å². The van der Waals surface area contributed by atoms with Crippen molar-refractivity contribution in [3.63, 3.8) is 0 Å². The quantitative estimate of drug-likeness (QED) is 0.221. The Balaban J connectivity index is 0.00000320. The number of hydrogen-bond acceptors (Lipinski definition) is 5. The van der Waals surface area contributed by atoms with Gasteiger partial charge in [-0.15, -0.1) is 24.0 Å². The SMILES string of the molecule is CCNC(=NCC(c1ccco1)N1CCCC1)NCCS(=O)(=O)NCC1CCC1.I. The highest BCUT2D eigenvalue weighted by Crippen LogP contribution is 2.26. The maximum Gasteiger partial charge on any atom is 0.213 e. The first-order valence-corrected chi connectivity index (χ1v) is 12.5. The second-order valence-electron chi connectivity index (χ2n) is 7.88. The lowest BCUT2D eigenvalue weighted by Gasteiger charge is -2.25. The molecule has 1 atom stereocenters. The molecule has 1 saturated heterocycles. The molecule has 1 aromatic rings. The molecule has 0 radical (unpaired) electrons. The van der Waals surface area contributed by atoms with Crippen LogP contribution in [0.1, 0.15) is 50.8 Å². The zero-order valence-electron chi connectivity index (χ0n) is 17.8. The van der Waals surface area contributed by atoms with Crippen LogP contribution in [0.2, 0.25) is 0 Å². The van der Waals surface area contributed by atoms with Crippen molar-refractivity contribution in [2.75, 3.05) is 45.0 Å². The first-order valence-electron chi connectivity index (χ1n) is 10.8. The van der Waals surface area contributed by atoms with E-state index in [0.29, 0.717) is 38.1 Å². The average molecular weight is 554 g/mol. The van der Waals surface area contributed by atoms with E-state index in [1.807, 2.05) is 19.1 Å². The summed E-state index contributed by atoms with van der Waals surface area (Å²) in [7, 11) is -3.26. The molecule has 30 heavy (non-hydrogen) atoms. The summed E-state index contributed by atoms with van der Waals surface area (Å²) in [6.07, 6.45) is 7.58. The number of nitrogens with zero attached hydrogens (tertiary/aromatic N) is 2. The van der Waals surface area contributed by atoms with Gasteiger partial charge in [0.15, 0.2) is 5.96 Å². The van der Waals surface area contributed by atoms with Gasteiger partial charge in [-0.2, -0.15) is 0 Å². The molecule has 1 aliphatic heterocycles. The van der Waals surface area contributed by atoms with E-state index >= 15 is 0 Å². The molecule has 0 bridgehead atoms. The molecule has 3 rings (SSSR count). The largest absolute Gasteiger partial charge is 0.468 e. The lowest BCUT2D eigenvalue weighted by atomic mass is 9.86. The van der Waals surface area contributed by atoms with Gasteiger partial charge >= 0.3 is 0 Å². The summed E-state index contributed by atoms with van der Waals surface area (Å²) in [6.45, 7) is 6.27. The number of likely N-dealkylation sites (tertiary alicyclic amines) is 1. The molecule has 0 spiro atoms. The van der Waals surface area contributed by atoms with Crippen LogP contribution in [0, 0.1) is 5.92 Å². The van der Waals surface area contributed by atoms with Crippen molar-refractivity contribution in [2.24, 2.45) is 10.9 Å². The van der Waals surface area contributed by atoms with Crippen molar-refractivity contribution in [3.8, 4) is 0 Å². The van der Waals surface area contributed by atoms with E-state index in [1.165, 1.54) is 19.3 Å². The Bertz CT molecular complexity index is 732. The molecule has 172 valence electrons. The first-order chi connectivity index (χ1) is 14.1. The van der Waals surface area contributed by atoms with E-state index in [9.17, 15) is 8.42 Å². The Kier molecular flexibility index (Phi) is 10.9. The van der Waals surface area contributed by atoms with E-state index < -0.39 is 10.0 Å². The molecule has 1 aliphatic carbocycles. The van der Waals surface area contributed by atoms with Gasteiger partial charge in [0.25, 0.3) is 0 Å². The Morgan fingerprint density at radius 2 is 2.03 bits per heavy atom. The van der Waals surface area contributed by atoms with Crippen LogP contribution >= 0.6 is 24.0 Å². The fraction of sp³-hybridized carbons (Fsp3) is 0.750. The minimum Gasteiger partial charge on any atom is -0.468 e. The summed E-state index contributed by atoms with van der Waals surface area (Å²) in [4.78, 5) is 7.11. The number of furan rings is 1. The summed E-state index contributed by atoms with van der Waals surface area (Å²) in [5, 5.41) is 6.36. The van der Waals surface area contributed by atoms with Gasteiger partial charge in [-0.1, -0.05) is 6.42 Å². The molecule has 0 amide bonds. The van der Waals surface area contributed by atoms with Crippen LogP contribution in [-0.4, -0.2) is 64.3 Å². The minimum absolute atomic E-state index is 0. The third-order valence-electron chi connectivity index (χ3n) is 5.70. The summed E-state index contributed by atoms with van der Waals surface area (Å²) < 4.78 is 32.7. The molecule has 1 saturated carbocycles. The molecule has 2 fully saturated rings. The first kappa shape index (κ1) is 25.4. The Morgan fingerprint density at radius 3 is 2.63 bits per heavy atom. The van der Waals surface area contributed by atoms with Crippen LogP contribution in [0.3, 0.4) is 0 Å². The topological polar surface area (TPSA) is 99.0 Å². The predicted octanol–water partition coefficient (Wildman–Crippen LogP) is 2.31. The number of halogens is 1. The summed E-state index contributed by atoms with van der Waals surface area (Å²) in [5.41, 5.74) is 0. The summed E-state index contributed by atoms with van der Waals surface area (Å²) >= 11 is 0. The van der Waals surface area contributed by atoms with E-state index in [2.05, 4.69) is 20.3 Å². The molecule has 2 heterocycles. The van der Waals surface area contributed by atoms with Gasteiger partial charge in [-0.3, -0.25) is 9.89 Å². The number of nitrogens with one attached hydrogen (secondary N) is 3. The minimum atomic E-state index is -3.26. The van der Waals surface area contributed by atoms with Gasteiger partial charge in [0, 0.05) is 19.6 Å². The van der Waals surface area contributed by atoms with Gasteiger partial charge in [-0.05, 0) is 63.7 Å². The highest BCUT2D eigenvalue weighted by molar-refractivity contribution is 14.0. The zero-order chi connectivity index (χ0) is 20.5. The van der Waals surface area contributed by atoms with Gasteiger partial charge in [0.1, 0.15) is 5.76 Å². The number of aliphatic imine (C=N–C) groups is 1. The van der Waals surface area contributed by atoms with Crippen LogP contribution in [-0.2, 0) is 10.0 Å². The molecular formula is C20H36IN5O3S. The third-order valence-corrected chi connectivity index (χ3v) is 7.05.